The summed E-state index contributed by atoms with van der Waals surface area (Å²) in [5.41, 5.74) is 4.91. The van der Waals surface area contributed by atoms with Crippen LogP contribution in [0.4, 0.5) is 11.4 Å². The van der Waals surface area contributed by atoms with Crippen LogP contribution in [-0.2, 0) is 0 Å². The molecule has 1 aliphatic carbocycles. The van der Waals surface area contributed by atoms with Crippen LogP contribution in [0.2, 0.25) is 0 Å². The lowest BCUT2D eigenvalue weighted by atomic mass is 9.93. The molecule has 0 unspecified atom stereocenters. The van der Waals surface area contributed by atoms with Crippen LogP contribution in [0.1, 0.15) is 20.7 Å². The number of rotatable bonds is 1. The number of ketones is 2. The minimum atomic E-state index is -0.689. The number of carbonyl (C=O) groups is 2. The highest BCUT2D eigenvalue weighted by Gasteiger charge is 2.26. The zero-order valence-electron chi connectivity index (χ0n) is 7.97. The Morgan fingerprint density at radius 2 is 1.75 bits per heavy atom. The molecule has 0 atom stereocenters. The Morgan fingerprint density at radius 1 is 1.12 bits per heavy atom. The van der Waals surface area contributed by atoms with Gasteiger partial charge in [0, 0.05) is 11.6 Å². The number of nitrogens with two attached hydrogens (primary N) is 1. The summed E-state index contributed by atoms with van der Waals surface area (Å²) in [6.07, 6.45) is 2.18. The number of nitrogens with zero attached hydrogens (tertiary/aromatic N) is 1. The van der Waals surface area contributed by atoms with E-state index in [9.17, 15) is 19.7 Å². The fraction of sp³-hybridized carbons (Fsp3) is 0. The van der Waals surface area contributed by atoms with E-state index in [2.05, 4.69) is 0 Å². The van der Waals surface area contributed by atoms with Crippen LogP contribution in [0, 0.1) is 10.1 Å². The molecule has 0 spiro atoms. The molecule has 0 aromatic heterocycles. The molecule has 2 N–H and O–H groups in total. The normalized spacial score (nSPS) is 13.8. The molecule has 0 heterocycles. The van der Waals surface area contributed by atoms with Gasteiger partial charge in [-0.25, -0.2) is 0 Å². The first-order chi connectivity index (χ1) is 7.52. The Bertz CT molecular complexity index is 560. The SMILES string of the molecule is Nc1c([N+](=O)[O-])ccc2c1C(=O)C=CC2=O. The van der Waals surface area contributed by atoms with Crippen LogP contribution in [-0.4, -0.2) is 16.5 Å². The average molecular weight is 218 g/mol. The molecule has 1 aliphatic rings. The maximum atomic E-state index is 11.5. The Balaban J connectivity index is 2.76. The van der Waals surface area contributed by atoms with Gasteiger partial charge >= 0.3 is 0 Å². The highest BCUT2D eigenvalue weighted by Crippen LogP contribution is 2.30. The summed E-state index contributed by atoms with van der Waals surface area (Å²) < 4.78 is 0. The van der Waals surface area contributed by atoms with Crippen molar-refractivity contribution in [2.45, 2.75) is 0 Å². The van der Waals surface area contributed by atoms with Crippen LogP contribution < -0.4 is 5.73 Å². The zero-order valence-corrected chi connectivity index (χ0v) is 7.97. The predicted molar refractivity (Wildman–Crippen MR) is 55.3 cm³/mol. The molecule has 0 saturated carbocycles. The minimum absolute atomic E-state index is 0.0818. The van der Waals surface area contributed by atoms with Crippen molar-refractivity contribution in [3.8, 4) is 0 Å². The summed E-state index contributed by atoms with van der Waals surface area (Å²) in [7, 11) is 0. The lowest BCUT2D eigenvalue weighted by Crippen LogP contribution is -2.15. The van der Waals surface area contributed by atoms with E-state index in [4.69, 9.17) is 5.73 Å². The second-order valence-electron chi connectivity index (χ2n) is 3.24. The van der Waals surface area contributed by atoms with Crippen molar-refractivity contribution in [2.24, 2.45) is 0 Å². The number of benzene rings is 1. The Hall–Kier alpha value is -2.50. The van der Waals surface area contributed by atoms with Gasteiger partial charge in [-0.15, -0.1) is 0 Å². The quantitative estimate of drug-likeness (QED) is 0.432. The second kappa shape index (κ2) is 3.27. The van der Waals surface area contributed by atoms with Gasteiger partial charge < -0.3 is 5.73 Å². The lowest BCUT2D eigenvalue weighted by Gasteiger charge is -2.10. The number of carbonyl (C=O) groups excluding carboxylic acids is 2. The molecular weight excluding hydrogens is 212 g/mol. The van der Waals surface area contributed by atoms with Gasteiger partial charge in [-0.05, 0) is 18.2 Å². The predicted octanol–water partition coefficient (Wildman–Crippen LogP) is 1.11. The largest absolute Gasteiger partial charge is 0.393 e. The molecule has 6 nitrogen and oxygen atoms in total. The third kappa shape index (κ3) is 1.28. The first-order valence-electron chi connectivity index (χ1n) is 4.36. The van der Waals surface area contributed by atoms with Crippen molar-refractivity contribution < 1.29 is 14.5 Å². The summed E-state index contributed by atoms with van der Waals surface area (Å²) >= 11 is 0. The van der Waals surface area contributed by atoms with Gasteiger partial charge in [-0.2, -0.15) is 0 Å². The van der Waals surface area contributed by atoms with Gasteiger partial charge in [0.2, 0.25) is 0 Å². The van der Waals surface area contributed by atoms with Crippen molar-refractivity contribution in [3.63, 3.8) is 0 Å². The van der Waals surface area contributed by atoms with Crippen LogP contribution in [0.5, 0.6) is 0 Å². The van der Waals surface area contributed by atoms with E-state index in [0.717, 1.165) is 18.2 Å². The smallest absolute Gasteiger partial charge is 0.292 e. The minimum Gasteiger partial charge on any atom is -0.393 e. The van der Waals surface area contributed by atoms with Crippen LogP contribution in [0.25, 0.3) is 0 Å². The molecule has 80 valence electrons. The van der Waals surface area contributed by atoms with E-state index in [-0.39, 0.29) is 28.3 Å². The third-order valence-electron chi connectivity index (χ3n) is 2.32. The fourth-order valence-corrected chi connectivity index (χ4v) is 1.56. The first-order valence-corrected chi connectivity index (χ1v) is 4.36. The molecule has 0 amide bonds. The van der Waals surface area contributed by atoms with E-state index >= 15 is 0 Å². The number of hydrogen-bond donors (Lipinski definition) is 1. The van der Waals surface area contributed by atoms with Crippen molar-refractivity contribution in [1.82, 2.24) is 0 Å². The van der Waals surface area contributed by atoms with Gasteiger partial charge in [0.15, 0.2) is 11.6 Å². The van der Waals surface area contributed by atoms with Gasteiger partial charge in [0.05, 0.1) is 10.5 Å². The number of fused-ring (bicyclic) bond motifs is 1. The Morgan fingerprint density at radius 3 is 2.38 bits per heavy atom. The summed E-state index contributed by atoms with van der Waals surface area (Å²) in [5, 5.41) is 10.6. The van der Waals surface area contributed by atoms with E-state index < -0.39 is 10.7 Å². The number of hydrogen-bond acceptors (Lipinski definition) is 5. The van der Waals surface area contributed by atoms with Gasteiger partial charge in [0.1, 0.15) is 5.69 Å². The van der Waals surface area contributed by atoms with E-state index in [1.165, 1.54) is 6.07 Å². The third-order valence-corrected chi connectivity index (χ3v) is 2.32. The molecule has 1 aromatic rings. The van der Waals surface area contributed by atoms with Crippen LogP contribution >= 0.6 is 0 Å². The number of anilines is 1. The summed E-state index contributed by atoms with van der Waals surface area (Å²) in [6.45, 7) is 0. The molecule has 0 radical (unpaired) electrons. The summed E-state index contributed by atoms with van der Waals surface area (Å²) in [4.78, 5) is 32.8. The molecule has 1 aromatic carbocycles. The molecule has 2 rings (SSSR count). The Labute approximate surface area is 89.5 Å². The average Bonchev–Trinajstić information content (AvgIpc) is 2.23. The van der Waals surface area contributed by atoms with E-state index in [1.54, 1.807) is 0 Å². The number of nitro benzene ring substituents is 1. The standard InChI is InChI=1S/C10H6N2O4/c11-10-6(12(15)16)2-1-5-7(13)3-4-8(14)9(5)10/h1-4H,11H2. The number of allylic oxidation sites excluding steroid dienone is 2. The first kappa shape index (κ1) is 10.0. The van der Waals surface area contributed by atoms with E-state index in [0.29, 0.717) is 0 Å². The second-order valence-corrected chi connectivity index (χ2v) is 3.24. The molecule has 0 fully saturated rings. The van der Waals surface area contributed by atoms with Gasteiger partial charge in [0.25, 0.3) is 5.69 Å². The van der Waals surface area contributed by atoms with Crippen LogP contribution in [0.15, 0.2) is 24.3 Å². The van der Waals surface area contributed by atoms with Gasteiger partial charge in [-0.3, -0.25) is 19.7 Å². The van der Waals surface area contributed by atoms with Crippen molar-refractivity contribution in [2.75, 3.05) is 5.73 Å². The summed E-state index contributed by atoms with van der Waals surface area (Å²) in [6, 6.07) is 2.37. The lowest BCUT2D eigenvalue weighted by molar-refractivity contribution is -0.383. The topological polar surface area (TPSA) is 103 Å². The van der Waals surface area contributed by atoms with E-state index in [1.807, 2.05) is 0 Å². The monoisotopic (exact) mass is 218 g/mol. The zero-order chi connectivity index (χ0) is 11.9. The number of nitrogen functional groups attached to an aromatic ring is 1. The number of nitro groups is 1. The molecule has 0 bridgehead atoms. The highest BCUT2D eigenvalue weighted by molar-refractivity contribution is 6.24. The highest BCUT2D eigenvalue weighted by atomic mass is 16.6. The van der Waals surface area contributed by atoms with Crippen molar-refractivity contribution >= 4 is 22.9 Å². The van der Waals surface area contributed by atoms with Crippen LogP contribution in [0.3, 0.4) is 0 Å². The van der Waals surface area contributed by atoms with Crippen molar-refractivity contribution in [3.05, 3.63) is 45.5 Å². The Kier molecular flexibility index (Phi) is 2.05. The molecule has 0 aliphatic heterocycles. The molecular formula is C10H6N2O4. The molecule has 16 heavy (non-hydrogen) atoms. The maximum Gasteiger partial charge on any atom is 0.292 e. The fourth-order valence-electron chi connectivity index (χ4n) is 1.56. The van der Waals surface area contributed by atoms with Crippen molar-refractivity contribution in [1.29, 1.82) is 0 Å². The van der Waals surface area contributed by atoms with Gasteiger partial charge in [-0.1, -0.05) is 0 Å². The summed E-state index contributed by atoms with van der Waals surface area (Å²) in [5.74, 6) is -0.869. The maximum absolute atomic E-state index is 11.5. The molecule has 0 saturated heterocycles. The molecule has 6 heteroatoms.